The topological polar surface area (TPSA) is 81.2 Å². The van der Waals surface area contributed by atoms with E-state index in [1.807, 2.05) is 13.8 Å². The lowest BCUT2D eigenvalue weighted by molar-refractivity contribution is -0.140. The molecule has 1 fully saturated rings. The zero-order valence-electron chi connectivity index (χ0n) is 13.4. The summed E-state index contributed by atoms with van der Waals surface area (Å²) in [5.74, 6) is 0.864. The summed E-state index contributed by atoms with van der Waals surface area (Å²) in [6, 6.07) is 0. The molecule has 0 spiro atoms. The number of carbonyl (C=O) groups is 2. The second-order valence-corrected chi connectivity index (χ2v) is 6.76. The average Bonchev–Trinajstić information content (AvgIpc) is 3.31. The van der Waals surface area contributed by atoms with Gasteiger partial charge in [-0.2, -0.15) is 0 Å². The summed E-state index contributed by atoms with van der Waals surface area (Å²) >= 11 is 1.39. The zero-order valence-corrected chi connectivity index (χ0v) is 14.2. The van der Waals surface area contributed by atoms with Gasteiger partial charge in [0.25, 0.3) is 5.91 Å². The molecule has 0 aromatic carbocycles. The first kappa shape index (κ1) is 15.9. The summed E-state index contributed by atoms with van der Waals surface area (Å²) in [6.07, 6.45) is 2.46. The molecule has 7 heteroatoms. The fourth-order valence-corrected chi connectivity index (χ4v) is 3.72. The molecule has 0 bridgehead atoms. The van der Waals surface area contributed by atoms with Crippen LogP contribution in [0.4, 0.5) is 0 Å². The fraction of sp³-hybridized carbons (Fsp3) is 0.500. The second-order valence-electron chi connectivity index (χ2n) is 5.76. The molecule has 1 N–H and O–H groups in total. The number of aryl methyl sites for hydroxylation is 2. The van der Waals surface area contributed by atoms with Gasteiger partial charge in [-0.3, -0.25) is 9.59 Å². The predicted molar refractivity (Wildman–Crippen MR) is 87.8 cm³/mol. The van der Waals surface area contributed by atoms with Gasteiger partial charge < -0.3 is 10.1 Å². The maximum absolute atomic E-state index is 12.3. The van der Waals surface area contributed by atoms with Crippen LogP contribution >= 0.6 is 11.3 Å². The maximum Gasteiger partial charge on any atom is 0.307 e. The van der Waals surface area contributed by atoms with Crippen molar-refractivity contribution in [3.8, 4) is 0 Å². The second kappa shape index (κ2) is 6.23. The van der Waals surface area contributed by atoms with Crippen LogP contribution in [0.25, 0.3) is 10.2 Å². The third-order valence-corrected chi connectivity index (χ3v) is 5.16. The van der Waals surface area contributed by atoms with Crippen molar-refractivity contribution in [1.82, 2.24) is 15.3 Å². The molecule has 0 saturated heterocycles. The van der Waals surface area contributed by atoms with Crippen molar-refractivity contribution in [1.29, 1.82) is 0 Å². The van der Waals surface area contributed by atoms with Crippen molar-refractivity contribution in [2.75, 3.05) is 13.7 Å². The van der Waals surface area contributed by atoms with Gasteiger partial charge in [0.15, 0.2) is 0 Å². The van der Waals surface area contributed by atoms with E-state index < -0.39 is 0 Å². The van der Waals surface area contributed by atoms with Crippen LogP contribution < -0.4 is 5.32 Å². The van der Waals surface area contributed by atoms with E-state index in [-0.39, 0.29) is 24.8 Å². The van der Waals surface area contributed by atoms with Crippen LogP contribution in [0.15, 0.2) is 0 Å². The molecule has 0 aliphatic heterocycles. The van der Waals surface area contributed by atoms with Crippen molar-refractivity contribution in [3.63, 3.8) is 0 Å². The first-order valence-electron chi connectivity index (χ1n) is 7.64. The monoisotopic (exact) mass is 333 g/mol. The molecule has 0 radical (unpaired) electrons. The number of nitrogens with zero attached hydrogens (tertiary/aromatic N) is 2. The molecular formula is C16H19N3O3S. The van der Waals surface area contributed by atoms with E-state index in [1.54, 1.807) is 0 Å². The first-order chi connectivity index (χ1) is 11.0. The van der Waals surface area contributed by atoms with Crippen molar-refractivity contribution in [3.05, 3.63) is 22.0 Å². The molecule has 3 rings (SSSR count). The zero-order chi connectivity index (χ0) is 16.6. The third kappa shape index (κ3) is 3.19. The normalized spacial score (nSPS) is 14.0. The summed E-state index contributed by atoms with van der Waals surface area (Å²) in [5.41, 5.74) is 1.83. The number of hydrogen-bond donors (Lipinski definition) is 1. The highest BCUT2D eigenvalue weighted by molar-refractivity contribution is 7.20. The van der Waals surface area contributed by atoms with Crippen molar-refractivity contribution >= 4 is 33.4 Å². The Labute approximate surface area is 138 Å². The lowest BCUT2D eigenvalue weighted by Gasteiger charge is -2.04. The minimum Gasteiger partial charge on any atom is -0.469 e. The van der Waals surface area contributed by atoms with Gasteiger partial charge in [-0.25, -0.2) is 9.97 Å². The van der Waals surface area contributed by atoms with Crippen molar-refractivity contribution in [2.45, 2.75) is 39.0 Å². The molecule has 1 saturated carbocycles. The largest absolute Gasteiger partial charge is 0.469 e. The Balaban J connectivity index is 1.83. The number of esters is 1. The predicted octanol–water partition coefficient (Wildman–Crippen LogP) is 2.48. The van der Waals surface area contributed by atoms with Gasteiger partial charge in [-0.1, -0.05) is 0 Å². The van der Waals surface area contributed by atoms with Gasteiger partial charge in [-0.05, 0) is 32.3 Å². The van der Waals surface area contributed by atoms with Gasteiger partial charge in [0.1, 0.15) is 10.7 Å². The first-order valence-corrected chi connectivity index (χ1v) is 8.45. The number of thiophene rings is 1. The number of rotatable bonds is 5. The molecule has 6 nitrogen and oxygen atoms in total. The van der Waals surface area contributed by atoms with Crippen LogP contribution in [0.1, 0.15) is 51.9 Å². The molecule has 2 aromatic heterocycles. The SMILES string of the molecule is COC(=O)CCNC(=O)c1sc2nc(C3CC3)nc(C)c2c1C. The van der Waals surface area contributed by atoms with E-state index >= 15 is 0 Å². The van der Waals surface area contributed by atoms with Gasteiger partial charge in [0.05, 0.1) is 24.1 Å². The number of methoxy groups -OCH3 is 1. The molecule has 1 amide bonds. The molecule has 23 heavy (non-hydrogen) atoms. The summed E-state index contributed by atoms with van der Waals surface area (Å²) in [4.78, 5) is 34.2. The highest BCUT2D eigenvalue weighted by Crippen LogP contribution is 2.40. The molecule has 0 unspecified atom stereocenters. The minimum atomic E-state index is -0.339. The Morgan fingerprint density at radius 2 is 2.04 bits per heavy atom. The lowest BCUT2D eigenvalue weighted by atomic mass is 10.1. The fourth-order valence-electron chi connectivity index (χ4n) is 2.56. The van der Waals surface area contributed by atoms with Gasteiger partial charge in [0.2, 0.25) is 0 Å². The number of nitrogens with one attached hydrogen (secondary N) is 1. The molecule has 0 atom stereocenters. The van der Waals surface area contributed by atoms with Gasteiger partial charge in [0, 0.05) is 17.8 Å². The number of ether oxygens (including phenoxy) is 1. The molecule has 2 aromatic rings. The Bertz CT molecular complexity index is 780. The van der Waals surface area contributed by atoms with Crippen LogP contribution in [0, 0.1) is 13.8 Å². The average molecular weight is 333 g/mol. The quantitative estimate of drug-likeness (QED) is 0.850. The summed E-state index contributed by atoms with van der Waals surface area (Å²) in [6.45, 7) is 4.15. The van der Waals surface area contributed by atoms with E-state index in [1.165, 1.54) is 18.4 Å². The molecule has 122 valence electrons. The van der Waals surface area contributed by atoms with E-state index in [4.69, 9.17) is 0 Å². The third-order valence-electron chi connectivity index (χ3n) is 3.98. The van der Waals surface area contributed by atoms with E-state index in [2.05, 4.69) is 20.0 Å². The van der Waals surface area contributed by atoms with Crippen LogP contribution in [0.5, 0.6) is 0 Å². The number of amides is 1. The molecule has 1 aliphatic carbocycles. The Kier molecular flexibility index (Phi) is 4.30. The minimum absolute atomic E-state index is 0.164. The molecule has 2 heterocycles. The van der Waals surface area contributed by atoms with Crippen LogP contribution in [-0.2, 0) is 9.53 Å². The van der Waals surface area contributed by atoms with Gasteiger partial charge >= 0.3 is 5.97 Å². The smallest absolute Gasteiger partial charge is 0.307 e. The van der Waals surface area contributed by atoms with Crippen molar-refractivity contribution in [2.24, 2.45) is 0 Å². The Morgan fingerprint density at radius 3 is 2.70 bits per heavy atom. The van der Waals surface area contributed by atoms with E-state index in [0.29, 0.717) is 10.8 Å². The lowest BCUT2D eigenvalue weighted by Crippen LogP contribution is -2.26. The molecule has 1 aliphatic rings. The highest BCUT2D eigenvalue weighted by atomic mass is 32.1. The number of fused-ring (bicyclic) bond motifs is 1. The maximum atomic E-state index is 12.3. The summed E-state index contributed by atoms with van der Waals surface area (Å²) in [7, 11) is 1.33. The number of hydrogen-bond acceptors (Lipinski definition) is 6. The number of aromatic nitrogens is 2. The standard InChI is InChI=1S/C16H19N3O3S/c1-8-12-9(2)18-14(10-4-5-10)19-16(12)23-13(8)15(21)17-7-6-11(20)22-3/h10H,4-7H2,1-3H3,(H,17,21). The summed E-state index contributed by atoms with van der Waals surface area (Å²) in [5, 5.41) is 3.73. The Morgan fingerprint density at radius 1 is 1.30 bits per heavy atom. The van der Waals surface area contributed by atoms with E-state index in [0.717, 1.165) is 40.1 Å². The van der Waals surface area contributed by atoms with Crippen LogP contribution in [-0.4, -0.2) is 35.5 Å². The number of carbonyl (C=O) groups excluding carboxylic acids is 2. The summed E-state index contributed by atoms with van der Waals surface area (Å²) < 4.78 is 4.56. The van der Waals surface area contributed by atoms with E-state index in [9.17, 15) is 9.59 Å². The molecular weight excluding hydrogens is 314 g/mol. The van der Waals surface area contributed by atoms with Crippen LogP contribution in [0.2, 0.25) is 0 Å². The van der Waals surface area contributed by atoms with Gasteiger partial charge in [-0.15, -0.1) is 11.3 Å². The van der Waals surface area contributed by atoms with Crippen molar-refractivity contribution < 1.29 is 14.3 Å². The van der Waals surface area contributed by atoms with Crippen LogP contribution in [0.3, 0.4) is 0 Å². The Hall–Kier alpha value is -2.02. The highest BCUT2D eigenvalue weighted by Gasteiger charge is 2.28.